The topological polar surface area (TPSA) is 273 Å². The summed E-state index contributed by atoms with van der Waals surface area (Å²) >= 11 is 0. The second-order valence-electron chi connectivity index (χ2n) is 10.0. The number of nitrogens with two attached hydrogens (primary N) is 3. The van der Waals surface area contributed by atoms with Crippen LogP contribution in [0.3, 0.4) is 0 Å². The van der Waals surface area contributed by atoms with Crippen molar-refractivity contribution in [2.45, 2.75) is 69.1 Å². The Morgan fingerprint density at radius 2 is 1.37 bits per heavy atom. The third kappa shape index (κ3) is 12.8. The molecule has 0 radical (unpaired) electrons. The summed E-state index contributed by atoms with van der Waals surface area (Å²) in [4.78, 5) is 81.1. The number of aliphatic carboxylic acids is 1. The molecule has 1 saturated heterocycles. The molecular weight excluding hydrogens is 562 g/mol. The highest BCUT2D eigenvalue weighted by Gasteiger charge is 2.33. The van der Waals surface area contributed by atoms with Crippen LogP contribution in [0.25, 0.3) is 0 Å². The molecule has 4 atom stereocenters. The average Bonchev–Trinajstić information content (AvgIpc) is 2.95. The molecule has 0 aliphatic carbocycles. The molecule has 1 heterocycles. The van der Waals surface area contributed by atoms with Crippen molar-refractivity contribution in [1.29, 1.82) is 0 Å². The minimum absolute atomic E-state index is 0.0107. The largest absolute Gasteiger partial charge is 0.481 e. The first-order chi connectivity index (χ1) is 20.5. The fourth-order valence-corrected chi connectivity index (χ4v) is 4.33. The van der Waals surface area contributed by atoms with Crippen LogP contribution in [0.4, 0.5) is 0 Å². The van der Waals surface area contributed by atoms with Crippen molar-refractivity contribution in [3.05, 3.63) is 35.9 Å². The number of nitrogens with zero attached hydrogens (tertiary/aromatic N) is 1. The molecule has 2 rings (SSSR count). The maximum absolute atomic E-state index is 13.5. The van der Waals surface area contributed by atoms with Crippen LogP contribution in [0, 0.1) is 0 Å². The Bertz CT molecular complexity index is 1160. The zero-order chi connectivity index (χ0) is 31.8. The summed E-state index contributed by atoms with van der Waals surface area (Å²) in [5, 5.41) is 21.9. The lowest BCUT2D eigenvalue weighted by atomic mass is 10.0. The van der Waals surface area contributed by atoms with E-state index < -0.39 is 72.6 Å². The van der Waals surface area contributed by atoms with Gasteiger partial charge in [-0.3, -0.25) is 33.8 Å². The van der Waals surface area contributed by atoms with E-state index in [4.69, 9.17) is 17.2 Å². The van der Waals surface area contributed by atoms with Gasteiger partial charge in [-0.15, -0.1) is 0 Å². The smallest absolute Gasteiger partial charge is 0.305 e. The van der Waals surface area contributed by atoms with Crippen LogP contribution in [-0.4, -0.2) is 90.4 Å². The SMILES string of the molecule is NCCCC[C@@H]1NC(=O)[C@H](CCCN=C(N)N)NC(=O)CNC(=O)[C@H](CC(=O)O)NC(=O)[C@@H](Cc2ccccc2)NC1=O. The van der Waals surface area contributed by atoms with Gasteiger partial charge in [0.2, 0.25) is 29.5 Å². The third-order valence-electron chi connectivity index (χ3n) is 6.53. The van der Waals surface area contributed by atoms with Crippen LogP contribution in [0.5, 0.6) is 0 Å². The molecule has 0 unspecified atom stereocenters. The fourth-order valence-electron chi connectivity index (χ4n) is 4.33. The summed E-state index contributed by atoms with van der Waals surface area (Å²) in [7, 11) is 0. The van der Waals surface area contributed by atoms with E-state index in [0.717, 1.165) is 0 Å². The number of unbranched alkanes of at least 4 members (excludes halogenated alkanes) is 1. The van der Waals surface area contributed by atoms with Crippen molar-refractivity contribution < 1.29 is 33.9 Å². The van der Waals surface area contributed by atoms with Gasteiger partial charge in [0.15, 0.2) is 5.96 Å². The van der Waals surface area contributed by atoms with Gasteiger partial charge in [0, 0.05) is 13.0 Å². The second kappa shape index (κ2) is 17.9. The van der Waals surface area contributed by atoms with Crippen LogP contribution in [0.15, 0.2) is 35.3 Å². The van der Waals surface area contributed by atoms with E-state index >= 15 is 0 Å². The first kappa shape index (κ1) is 34.5. The second-order valence-corrected chi connectivity index (χ2v) is 10.0. The summed E-state index contributed by atoms with van der Waals surface area (Å²) in [5.41, 5.74) is 17.0. The number of benzene rings is 1. The predicted molar refractivity (Wildman–Crippen MR) is 156 cm³/mol. The highest BCUT2D eigenvalue weighted by atomic mass is 16.4. The van der Waals surface area contributed by atoms with Crippen LogP contribution in [-0.2, 0) is 35.2 Å². The Kier molecular flexibility index (Phi) is 14.4. The van der Waals surface area contributed by atoms with Gasteiger partial charge in [-0.25, -0.2) is 0 Å². The highest BCUT2D eigenvalue weighted by Crippen LogP contribution is 2.09. The van der Waals surface area contributed by atoms with E-state index in [1.54, 1.807) is 30.3 Å². The minimum Gasteiger partial charge on any atom is -0.481 e. The number of carbonyl (C=O) groups is 6. The summed E-state index contributed by atoms with van der Waals surface area (Å²) in [6.07, 6.45) is 0.854. The molecule has 43 heavy (non-hydrogen) atoms. The molecule has 0 saturated carbocycles. The molecule has 0 spiro atoms. The van der Waals surface area contributed by atoms with Gasteiger partial charge in [-0.2, -0.15) is 0 Å². The van der Waals surface area contributed by atoms with Gasteiger partial charge in [-0.05, 0) is 44.2 Å². The molecule has 5 amide bonds. The molecule has 1 aliphatic heterocycles. The lowest BCUT2D eigenvalue weighted by Gasteiger charge is -2.26. The first-order valence-corrected chi connectivity index (χ1v) is 14.0. The quantitative estimate of drug-likeness (QED) is 0.0661. The number of nitrogens with one attached hydrogen (secondary N) is 5. The Morgan fingerprint density at radius 3 is 2.00 bits per heavy atom. The van der Waals surface area contributed by atoms with E-state index in [0.29, 0.717) is 31.4 Å². The third-order valence-corrected chi connectivity index (χ3v) is 6.53. The van der Waals surface area contributed by atoms with Crippen molar-refractivity contribution in [2.75, 3.05) is 19.6 Å². The van der Waals surface area contributed by atoms with Gasteiger partial charge in [0.25, 0.3) is 0 Å². The molecule has 16 heteroatoms. The average molecular weight is 604 g/mol. The molecule has 1 aromatic rings. The zero-order valence-corrected chi connectivity index (χ0v) is 23.8. The normalized spacial score (nSPS) is 22.0. The number of carboxylic acid groups (broad SMARTS) is 1. The minimum atomic E-state index is -1.55. The van der Waals surface area contributed by atoms with E-state index in [2.05, 4.69) is 31.6 Å². The van der Waals surface area contributed by atoms with E-state index in [1.165, 1.54) is 0 Å². The maximum Gasteiger partial charge on any atom is 0.305 e. The van der Waals surface area contributed by atoms with E-state index in [1.807, 2.05) is 0 Å². The molecule has 0 bridgehead atoms. The van der Waals surface area contributed by atoms with Gasteiger partial charge in [0.05, 0.1) is 13.0 Å². The van der Waals surface area contributed by atoms with Gasteiger partial charge in [-0.1, -0.05) is 30.3 Å². The lowest BCUT2D eigenvalue weighted by molar-refractivity contribution is -0.141. The number of aliphatic imine (C=N–C) groups is 1. The maximum atomic E-state index is 13.5. The Morgan fingerprint density at radius 1 is 0.791 bits per heavy atom. The van der Waals surface area contributed by atoms with Crippen molar-refractivity contribution >= 4 is 41.5 Å². The fraction of sp³-hybridized carbons (Fsp3) is 0.519. The Balaban J connectivity index is 2.44. The van der Waals surface area contributed by atoms with Gasteiger partial charge >= 0.3 is 5.97 Å². The van der Waals surface area contributed by atoms with Crippen LogP contribution in [0.1, 0.15) is 44.1 Å². The number of rotatable bonds is 12. The first-order valence-electron chi connectivity index (χ1n) is 14.0. The molecule has 1 fully saturated rings. The molecular formula is C27H41N9O7. The number of amides is 5. The number of hydrogen-bond acceptors (Lipinski definition) is 8. The Labute approximate surface area is 249 Å². The molecule has 0 aromatic heterocycles. The molecule has 1 aliphatic rings. The monoisotopic (exact) mass is 603 g/mol. The lowest BCUT2D eigenvalue weighted by Crippen LogP contribution is -2.58. The van der Waals surface area contributed by atoms with Crippen molar-refractivity contribution in [1.82, 2.24) is 26.6 Å². The van der Waals surface area contributed by atoms with Crippen molar-refractivity contribution in [2.24, 2.45) is 22.2 Å². The molecule has 16 nitrogen and oxygen atoms in total. The predicted octanol–water partition coefficient (Wildman–Crippen LogP) is -3.04. The standard InChI is InChI=1S/C27H41N9O7/c28-11-5-4-9-18-25(42)35-19(13-16-7-2-1-3-8-16)26(43)36-20(14-22(38)39)23(40)32-15-21(37)33-17(24(41)34-18)10-6-12-31-27(29)30/h1-3,7-8,17-20H,4-6,9-15,28H2,(H,32,40)(H,33,37)(H,34,41)(H,35,42)(H,36,43)(H,38,39)(H4,29,30,31)/t17-,18-,19+,20-/m0/s1. The molecule has 236 valence electrons. The van der Waals surface area contributed by atoms with Crippen LogP contribution >= 0.6 is 0 Å². The summed E-state index contributed by atoms with van der Waals surface area (Å²) in [6, 6.07) is 3.75. The van der Waals surface area contributed by atoms with E-state index in [-0.39, 0.29) is 31.8 Å². The van der Waals surface area contributed by atoms with Crippen LogP contribution < -0.4 is 43.8 Å². The number of carbonyl (C=O) groups excluding carboxylic acids is 5. The number of hydrogen-bond donors (Lipinski definition) is 9. The Hall–Kier alpha value is -4.73. The zero-order valence-electron chi connectivity index (χ0n) is 23.8. The molecule has 1 aromatic carbocycles. The summed E-state index contributed by atoms with van der Waals surface area (Å²) in [5.74, 6) is -5.36. The van der Waals surface area contributed by atoms with Crippen molar-refractivity contribution in [3.63, 3.8) is 0 Å². The van der Waals surface area contributed by atoms with Crippen molar-refractivity contribution in [3.8, 4) is 0 Å². The summed E-state index contributed by atoms with van der Waals surface area (Å²) < 4.78 is 0. The highest BCUT2D eigenvalue weighted by molar-refractivity contribution is 5.98. The van der Waals surface area contributed by atoms with Crippen LogP contribution in [0.2, 0.25) is 0 Å². The van der Waals surface area contributed by atoms with Gasteiger partial charge < -0.3 is 48.9 Å². The van der Waals surface area contributed by atoms with Gasteiger partial charge in [0.1, 0.15) is 24.2 Å². The number of guanidine groups is 1. The number of carboxylic acids is 1. The van der Waals surface area contributed by atoms with E-state index in [9.17, 15) is 33.9 Å². The molecule has 12 N–H and O–H groups in total. The summed E-state index contributed by atoms with van der Waals surface area (Å²) in [6.45, 7) is -0.0746.